The molecule has 1 fully saturated rings. The van der Waals surface area contributed by atoms with Gasteiger partial charge in [-0.3, -0.25) is 4.79 Å². The van der Waals surface area contributed by atoms with E-state index in [1.165, 1.54) is 0 Å². The van der Waals surface area contributed by atoms with Gasteiger partial charge in [0.2, 0.25) is 5.91 Å². The Labute approximate surface area is 132 Å². The van der Waals surface area contributed by atoms with E-state index in [2.05, 4.69) is 40.6 Å². The van der Waals surface area contributed by atoms with Gasteiger partial charge in [0, 0.05) is 38.5 Å². The lowest BCUT2D eigenvalue weighted by atomic mass is 9.97. The Morgan fingerprint density at radius 3 is 2.73 bits per heavy atom. The van der Waals surface area contributed by atoms with Crippen LogP contribution in [-0.4, -0.2) is 63.7 Å². The maximum Gasteiger partial charge on any atom is 0.227 e. The lowest BCUT2D eigenvalue weighted by Crippen LogP contribution is -2.44. The van der Waals surface area contributed by atoms with Crippen LogP contribution in [-0.2, 0) is 17.8 Å². The highest BCUT2D eigenvalue weighted by molar-refractivity contribution is 5.79. The molecule has 1 atom stereocenters. The molecule has 1 saturated heterocycles. The van der Waals surface area contributed by atoms with Crippen LogP contribution in [0.1, 0.15) is 44.3 Å². The Kier molecular flexibility index (Phi) is 4.47. The molecule has 122 valence electrons. The predicted octanol–water partition coefficient (Wildman–Crippen LogP) is 1.13. The molecule has 0 saturated carbocycles. The first-order chi connectivity index (χ1) is 10.6. The summed E-state index contributed by atoms with van der Waals surface area (Å²) in [6, 6.07) is 0. The van der Waals surface area contributed by atoms with Gasteiger partial charge in [-0.2, -0.15) is 0 Å². The fourth-order valence-electron chi connectivity index (χ4n) is 3.62. The van der Waals surface area contributed by atoms with Gasteiger partial charge >= 0.3 is 0 Å². The second-order valence-corrected chi connectivity index (χ2v) is 6.96. The van der Waals surface area contributed by atoms with Crippen LogP contribution < -0.4 is 0 Å². The SMILES string of the molecule is CC(C)c1nnc2n1CCN(C(=O)C1CCCN(C)C1)CC2. The summed E-state index contributed by atoms with van der Waals surface area (Å²) in [6.45, 7) is 8.68. The number of rotatable bonds is 2. The third kappa shape index (κ3) is 3.02. The second kappa shape index (κ2) is 6.36. The summed E-state index contributed by atoms with van der Waals surface area (Å²) in [5.74, 6) is 2.94. The van der Waals surface area contributed by atoms with E-state index in [4.69, 9.17) is 0 Å². The maximum absolute atomic E-state index is 12.8. The van der Waals surface area contributed by atoms with E-state index in [0.717, 1.165) is 63.6 Å². The summed E-state index contributed by atoms with van der Waals surface area (Å²) in [5, 5.41) is 8.63. The molecule has 0 spiro atoms. The van der Waals surface area contributed by atoms with Crippen molar-refractivity contribution in [3.05, 3.63) is 11.6 Å². The minimum absolute atomic E-state index is 0.173. The number of carbonyl (C=O) groups excluding carboxylic acids is 1. The zero-order valence-electron chi connectivity index (χ0n) is 14.0. The predicted molar refractivity (Wildman–Crippen MR) is 84.6 cm³/mol. The number of aromatic nitrogens is 3. The molecule has 3 heterocycles. The Balaban J connectivity index is 1.67. The number of piperidine rings is 1. The number of hydrogen-bond acceptors (Lipinski definition) is 4. The van der Waals surface area contributed by atoms with Crippen molar-refractivity contribution in [2.45, 2.75) is 45.6 Å². The van der Waals surface area contributed by atoms with E-state index in [-0.39, 0.29) is 5.92 Å². The van der Waals surface area contributed by atoms with Crippen molar-refractivity contribution in [1.82, 2.24) is 24.6 Å². The third-order valence-corrected chi connectivity index (χ3v) is 4.86. The number of nitrogens with zero attached hydrogens (tertiary/aromatic N) is 5. The zero-order chi connectivity index (χ0) is 15.7. The van der Waals surface area contributed by atoms with Gasteiger partial charge in [0.1, 0.15) is 11.6 Å². The quantitative estimate of drug-likeness (QED) is 0.822. The molecule has 0 radical (unpaired) electrons. The molecular weight excluding hydrogens is 278 g/mol. The van der Waals surface area contributed by atoms with E-state index in [1.54, 1.807) is 0 Å². The molecule has 0 aliphatic carbocycles. The maximum atomic E-state index is 12.8. The number of amides is 1. The summed E-state index contributed by atoms with van der Waals surface area (Å²) >= 11 is 0. The van der Waals surface area contributed by atoms with Crippen molar-refractivity contribution in [2.75, 3.05) is 33.2 Å². The Hall–Kier alpha value is -1.43. The minimum Gasteiger partial charge on any atom is -0.340 e. The molecule has 0 bridgehead atoms. The van der Waals surface area contributed by atoms with Crippen molar-refractivity contribution in [2.24, 2.45) is 5.92 Å². The molecule has 1 aromatic heterocycles. The molecule has 1 unspecified atom stereocenters. The van der Waals surface area contributed by atoms with E-state index in [0.29, 0.717) is 11.8 Å². The van der Waals surface area contributed by atoms with Gasteiger partial charge in [0.15, 0.2) is 0 Å². The summed E-state index contributed by atoms with van der Waals surface area (Å²) in [7, 11) is 2.11. The molecule has 6 heteroatoms. The number of carbonyl (C=O) groups is 1. The van der Waals surface area contributed by atoms with Gasteiger partial charge in [-0.25, -0.2) is 0 Å². The van der Waals surface area contributed by atoms with E-state index in [9.17, 15) is 4.79 Å². The van der Waals surface area contributed by atoms with E-state index in [1.807, 2.05) is 4.90 Å². The highest BCUT2D eigenvalue weighted by atomic mass is 16.2. The van der Waals surface area contributed by atoms with E-state index >= 15 is 0 Å². The Morgan fingerprint density at radius 2 is 2.00 bits per heavy atom. The van der Waals surface area contributed by atoms with Crippen molar-refractivity contribution >= 4 is 5.91 Å². The Bertz CT molecular complexity index is 539. The molecular formula is C16H27N5O. The zero-order valence-corrected chi connectivity index (χ0v) is 14.0. The number of fused-ring (bicyclic) bond motifs is 1. The second-order valence-electron chi connectivity index (χ2n) is 6.96. The Morgan fingerprint density at radius 1 is 1.18 bits per heavy atom. The van der Waals surface area contributed by atoms with Gasteiger partial charge < -0.3 is 14.4 Å². The summed E-state index contributed by atoms with van der Waals surface area (Å²) in [4.78, 5) is 17.1. The first-order valence-electron chi connectivity index (χ1n) is 8.45. The molecule has 3 rings (SSSR count). The van der Waals surface area contributed by atoms with Crippen molar-refractivity contribution < 1.29 is 4.79 Å². The van der Waals surface area contributed by atoms with Crippen LogP contribution in [0.4, 0.5) is 0 Å². The molecule has 22 heavy (non-hydrogen) atoms. The summed E-state index contributed by atoms with van der Waals surface area (Å²) < 4.78 is 2.21. The van der Waals surface area contributed by atoms with Crippen LogP contribution in [0.5, 0.6) is 0 Å². The molecule has 1 aromatic rings. The lowest BCUT2D eigenvalue weighted by Gasteiger charge is -2.32. The highest BCUT2D eigenvalue weighted by Gasteiger charge is 2.29. The normalized spacial score (nSPS) is 23.5. The molecule has 0 aromatic carbocycles. The topological polar surface area (TPSA) is 54.3 Å². The summed E-state index contributed by atoms with van der Waals surface area (Å²) in [5.41, 5.74) is 0. The van der Waals surface area contributed by atoms with Crippen LogP contribution in [0.3, 0.4) is 0 Å². The van der Waals surface area contributed by atoms with Gasteiger partial charge in [0.05, 0.1) is 5.92 Å². The third-order valence-electron chi connectivity index (χ3n) is 4.86. The van der Waals surface area contributed by atoms with Crippen LogP contribution in [0.2, 0.25) is 0 Å². The van der Waals surface area contributed by atoms with Crippen LogP contribution in [0.15, 0.2) is 0 Å². The van der Waals surface area contributed by atoms with Crippen molar-refractivity contribution in [1.29, 1.82) is 0 Å². The van der Waals surface area contributed by atoms with Crippen LogP contribution in [0.25, 0.3) is 0 Å². The molecule has 0 N–H and O–H groups in total. The van der Waals surface area contributed by atoms with Crippen molar-refractivity contribution in [3.63, 3.8) is 0 Å². The molecule has 1 amide bonds. The molecule has 2 aliphatic rings. The van der Waals surface area contributed by atoms with Gasteiger partial charge in [-0.15, -0.1) is 10.2 Å². The van der Waals surface area contributed by atoms with Crippen LogP contribution >= 0.6 is 0 Å². The van der Waals surface area contributed by atoms with Crippen LogP contribution in [0, 0.1) is 5.92 Å². The van der Waals surface area contributed by atoms with Gasteiger partial charge in [0.25, 0.3) is 0 Å². The largest absolute Gasteiger partial charge is 0.340 e. The fraction of sp³-hybridized carbons (Fsp3) is 0.812. The lowest BCUT2D eigenvalue weighted by molar-refractivity contribution is -0.137. The van der Waals surface area contributed by atoms with Gasteiger partial charge in [-0.1, -0.05) is 13.8 Å². The van der Waals surface area contributed by atoms with Crippen molar-refractivity contribution in [3.8, 4) is 0 Å². The van der Waals surface area contributed by atoms with E-state index < -0.39 is 0 Å². The number of likely N-dealkylation sites (tertiary alicyclic amines) is 1. The standard InChI is InChI=1S/C16H27N5O/c1-12(2)15-18-17-14-6-8-20(9-10-21(14)15)16(22)13-5-4-7-19(3)11-13/h12-13H,4-11H2,1-3H3. The minimum atomic E-state index is 0.173. The first kappa shape index (κ1) is 15.5. The average molecular weight is 305 g/mol. The fourth-order valence-corrected chi connectivity index (χ4v) is 3.62. The highest BCUT2D eigenvalue weighted by Crippen LogP contribution is 2.20. The molecule has 6 nitrogen and oxygen atoms in total. The monoisotopic (exact) mass is 305 g/mol. The summed E-state index contributed by atoms with van der Waals surface area (Å²) in [6.07, 6.45) is 2.97. The number of hydrogen-bond donors (Lipinski definition) is 0. The smallest absolute Gasteiger partial charge is 0.227 e. The molecule has 2 aliphatic heterocycles. The average Bonchev–Trinajstić information content (AvgIpc) is 2.79. The van der Waals surface area contributed by atoms with Gasteiger partial charge in [-0.05, 0) is 26.4 Å². The first-order valence-corrected chi connectivity index (χ1v) is 8.45.